The van der Waals surface area contributed by atoms with Crippen molar-refractivity contribution in [1.82, 2.24) is 9.55 Å². The number of aryl methyl sites for hydroxylation is 1. The molecular formula is C49H43N3. The third-order valence-corrected chi connectivity index (χ3v) is 11.0. The molecule has 2 atom stereocenters. The van der Waals surface area contributed by atoms with E-state index in [0.29, 0.717) is 5.92 Å². The molecule has 0 radical (unpaired) electrons. The van der Waals surface area contributed by atoms with E-state index in [1.54, 1.807) is 0 Å². The number of allylic oxidation sites excluding steroid dienone is 8. The normalized spacial score (nSPS) is 18.4. The van der Waals surface area contributed by atoms with E-state index in [9.17, 15) is 0 Å². The van der Waals surface area contributed by atoms with Gasteiger partial charge < -0.3 is 10.3 Å². The number of fused-ring (bicyclic) bond motifs is 6. The van der Waals surface area contributed by atoms with Gasteiger partial charge in [0, 0.05) is 33.4 Å². The number of rotatable bonds is 4. The Morgan fingerprint density at radius 1 is 0.712 bits per heavy atom. The summed E-state index contributed by atoms with van der Waals surface area (Å²) in [4.78, 5) is 5.12. The standard InChI is InChI=1S/C36H33N3.C13H10/c1-24-15-17-26(18-16-24)34-22-27(21-33(38-34)25-9-3-2-4-10-25)31-23-28(19-20-32(31)37)39-35-13-7-5-11-29(35)30-12-6-8-14-36(30)39;1-3-7-12-10(5-1)9-11-6-2-4-8-13(11)12/h2-5,7-11,13-15,17-18,20-24,28H,6,12,16,19,37H2,1H3;1-8H,9H2. The minimum absolute atomic E-state index is 0.190. The molecule has 0 aliphatic heterocycles. The molecule has 52 heavy (non-hydrogen) atoms. The quantitative estimate of drug-likeness (QED) is 0.202. The summed E-state index contributed by atoms with van der Waals surface area (Å²) in [6.07, 6.45) is 21.2. The van der Waals surface area contributed by atoms with Gasteiger partial charge in [-0.1, -0.05) is 140 Å². The van der Waals surface area contributed by atoms with Crippen LogP contribution in [0.25, 0.3) is 50.5 Å². The molecule has 4 aliphatic rings. The maximum atomic E-state index is 6.73. The minimum Gasteiger partial charge on any atom is -0.398 e. The van der Waals surface area contributed by atoms with Gasteiger partial charge in [-0.15, -0.1) is 0 Å². The van der Waals surface area contributed by atoms with Gasteiger partial charge in [-0.3, -0.25) is 0 Å². The summed E-state index contributed by atoms with van der Waals surface area (Å²) in [5.74, 6) is 0.558. The van der Waals surface area contributed by atoms with E-state index >= 15 is 0 Å². The topological polar surface area (TPSA) is 43.8 Å². The highest BCUT2D eigenvalue weighted by molar-refractivity contribution is 5.90. The van der Waals surface area contributed by atoms with Crippen LogP contribution in [0, 0.1) is 5.92 Å². The Labute approximate surface area is 306 Å². The van der Waals surface area contributed by atoms with Crippen LogP contribution in [0.3, 0.4) is 0 Å². The molecule has 0 saturated carbocycles. The first-order valence-corrected chi connectivity index (χ1v) is 18.7. The zero-order chi connectivity index (χ0) is 35.0. The number of aromatic nitrogens is 2. The summed E-state index contributed by atoms with van der Waals surface area (Å²) >= 11 is 0. The first kappa shape index (κ1) is 32.0. The van der Waals surface area contributed by atoms with E-state index < -0.39 is 0 Å². The van der Waals surface area contributed by atoms with Gasteiger partial charge >= 0.3 is 0 Å². The highest BCUT2D eigenvalue weighted by Crippen LogP contribution is 2.40. The number of hydrogen-bond acceptors (Lipinski definition) is 2. The monoisotopic (exact) mass is 673 g/mol. The van der Waals surface area contributed by atoms with Crippen LogP contribution in [-0.2, 0) is 12.8 Å². The molecule has 2 heterocycles. The lowest BCUT2D eigenvalue weighted by atomic mass is 9.90. The molecule has 4 aliphatic carbocycles. The Hall–Kier alpha value is -5.93. The fourth-order valence-electron chi connectivity index (χ4n) is 8.32. The first-order valence-electron chi connectivity index (χ1n) is 18.7. The molecule has 0 saturated heterocycles. The summed E-state index contributed by atoms with van der Waals surface area (Å²) in [7, 11) is 0. The fraction of sp³-hybridized carbons (Fsp3) is 0.163. The van der Waals surface area contributed by atoms with Gasteiger partial charge in [-0.2, -0.15) is 0 Å². The zero-order valence-corrected chi connectivity index (χ0v) is 29.7. The predicted octanol–water partition coefficient (Wildman–Crippen LogP) is 11.8. The largest absolute Gasteiger partial charge is 0.398 e. The van der Waals surface area contributed by atoms with Gasteiger partial charge in [0.05, 0.1) is 17.4 Å². The maximum Gasteiger partial charge on any atom is 0.0715 e. The SMILES string of the molecule is CC1C=CC(c2cc(C3=CC(n4c5c(c6ccccc64)CCC=C5)CC=C3N)cc(-c3ccccc3)n2)=CC1.c1ccc2c(c1)Cc1ccccc1-2. The van der Waals surface area contributed by atoms with Crippen LogP contribution in [0.1, 0.15) is 65.9 Å². The lowest BCUT2D eigenvalue weighted by Gasteiger charge is -2.25. The molecule has 254 valence electrons. The molecule has 10 rings (SSSR count). The molecule has 2 aromatic heterocycles. The fourth-order valence-corrected chi connectivity index (χ4v) is 8.32. The highest BCUT2D eigenvalue weighted by atomic mass is 15.0. The van der Waals surface area contributed by atoms with Crippen molar-refractivity contribution in [2.75, 3.05) is 0 Å². The molecule has 6 aromatic rings. The van der Waals surface area contributed by atoms with E-state index in [2.05, 4.69) is 163 Å². The molecule has 0 amide bonds. The number of nitrogens with zero attached hydrogens (tertiary/aromatic N) is 2. The molecular weight excluding hydrogens is 631 g/mol. The van der Waals surface area contributed by atoms with Crippen molar-refractivity contribution >= 4 is 28.1 Å². The number of benzene rings is 4. The zero-order valence-electron chi connectivity index (χ0n) is 29.7. The Bertz CT molecular complexity index is 2420. The van der Waals surface area contributed by atoms with Crippen molar-refractivity contribution in [3.63, 3.8) is 0 Å². The van der Waals surface area contributed by atoms with Gasteiger partial charge in [-0.05, 0) is 101 Å². The Balaban J connectivity index is 0.000000231. The smallest absolute Gasteiger partial charge is 0.0715 e. The maximum absolute atomic E-state index is 6.73. The van der Waals surface area contributed by atoms with Crippen molar-refractivity contribution in [3.05, 3.63) is 191 Å². The molecule has 0 bridgehead atoms. The average molecular weight is 674 g/mol. The first-order chi connectivity index (χ1) is 25.6. The number of para-hydroxylation sites is 1. The molecule has 2 unspecified atom stereocenters. The van der Waals surface area contributed by atoms with Crippen LogP contribution < -0.4 is 5.73 Å². The lowest BCUT2D eigenvalue weighted by molar-refractivity contribution is 0.620. The van der Waals surface area contributed by atoms with Gasteiger partial charge in [0.15, 0.2) is 0 Å². The van der Waals surface area contributed by atoms with Gasteiger partial charge in [0.2, 0.25) is 0 Å². The number of pyridine rings is 1. The summed E-state index contributed by atoms with van der Waals surface area (Å²) < 4.78 is 2.53. The summed E-state index contributed by atoms with van der Waals surface area (Å²) in [6.45, 7) is 2.25. The molecule has 3 heteroatoms. The second kappa shape index (κ2) is 13.7. The predicted molar refractivity (Wildman–Crippen MR) is 218 cm³/mol. The van der Waals surface area contributed by atoms with Crippen LogP contribution in [0.4, 0.5) is 0 Å². The minimum atomic E-state index is 0.190. The van der Waals surface area contributed by atoms with Crippen LogP contribution in [-0.4, -0.2) is 9.55 Å². The van der Waals surface area contributed by atoms with E-state index in [-0.39, 0.29) is 6.04 Å². The Morgan fingerprint density at radius 3 is 2.19 bits per heavy atom. The number of nitrogens with two attached hydrogens (primary N) is 1. The van der Waals surface area contributed by atoms with Crippen molar-refractivity contribution in [3.8, 4) is 22.4 Å². The van der Waals surface area contributed by atoms with E-state index in [0.717, 1.165) is 65.9 Å². The lowest BCUT2D eigenvalue weighted by Crippen LogP contribution is -2.15. The highest BCUT2D eigenvalue weighted by Gasteiger charge is 2.25. The third kappa shape index (κ3) is 5.96. The van der Waals surface area contributed by atoms with Crippen molar-refractivity contribution < 1.29 is 0 Å². The Morgan fingerprint density at radius 2 is 1.42 bits per heavy atom. The van der Waals surface area contributed by atoms with Crippen LogP contribution in [0.2, 0.25) is 0 Å². The second-order valence-electron chi connectivity index (χ2n) is 14.4. The van der Waals surface area contributed by atoms with Gasteiger partial charge in [0.1, 0.15) is 0 Å². The van der Waals surface area contributed by atoms with Crippen LogP contribution >= 0.6 is 0 Å². The summed E-state index contributed by atoms with van der Waals surface area (Å²) in [6, 6.07) is 41.2. The van der Waals surface area contributed by atoms with Crippen LogP contribution in [0.15, 0.2) is 157 Å². The van der Waals surface area contributed by atoms with Crippen LogP contribution in [0.5, 0.6) is 0 Å². The van der Waals surface area contributed by atoms with Gasteiger partial charge in [-0.25, -0.2) is 4.98 Å². The second-order valence-corrected chi connectivity index (χ2v) is 14.4. The van der Waals surface area contributed by atoms with E-state index in [1.165, 1.54) is 50.0 Å². The molecule has 0 spiro atoms. The van der Waals surface area contributed by atoms with Crippen molar-refractivity contribution in [2.45, 2.75) is 45.1 Å². The third-order valence-electron chi connectivity index (χ3n) is 11.0. The van der Waals surface area contributed by atoms with Crippen molar-refractivity contribution in [1.29, 1.82) is 0 Å². The molecule has 4 aromatic carbocycles. The van der Waals surface area contributed by atoms with E-state index in [4.69, 9.17) is 10.7 Å². The number of hydrogen-bond donors (Lipinski definition) is 1. The summed E-state index contributed by atoms with van der Waals surface area (Å²) in [5.41, 5.74) is 23.9. The summed E-state index contributed by atoms with van der Waals surface area (Å²) in [5, 5.41) is 1.37. The van der Waals surface area contributed by atoms with Crippen molar-refractivity contribution in [2.24, 2.45) is 11.7 Å². The van der Waals surface area contributed by atoms with E-state index in [1.807, 2.05) is 6.07 Å². The Kier molecular flexibility index (Phi) is 8.40. The molecule has 0 fully saturated rings. The van der Waals surface area contributed by atoms with Gasteiger partial charge in [0.25, 0.3) is 0 Å². The molecule has 3 nitrogen and oxygen atoms in total. The molecule has 2 N–H and O–H groups in total. The average Bonchev–Trinajstić information content (AvgIpc) is 3.75.